The van der Waals surface area contributed by atoms with Crippen molar-refractivity contribution in [3.8, 4) is 0 Å². The highest BCUT2D eigenvalue weighted by molar-refractivity contribution is 7.89. The Balaban J connectivity index is 1.71. The molecule has 2 aromatic carbocycles. The van der Waals surface area contributed by atoms with Gasteiger partial charge in [-0.25, -0.2) is 17.8 Å². The van der Waals surface area contributed by atoms with Crippen LogP contribution in [-0.2, 0) is 41.5 Å². The zero-order valence-corrected chi connectivity index (χ0v) is 17.8. The second kappa shape index (κ2) is 9.39. The molecule has 0 bridgehead atoms. The van der Waals surface area contributed by atoms with Crippen LogP contribution in [0.5, 0.6) is 0 Å². The molecule has 0 atom stereocenters. The van der Waals surface area contributed by atoms with Crippen molar-refractivity contribution < 1.29 is 12.8 Å². The molecule has 0 aliphatic heterocycles. The Morgan fingerprint density at radius 1 is 1.07 bits per heavy atom. The number of sulfone groups is 1. The minimum Gasteiger partial charge on any atom is -0.357 e. The van der Waals surface area contributed by atoms with E-state index in [0.717, 1.165) is 18.4 Å². The van der Waals surface area contributed by atoms with Gasteiger partial charge in [0.1, 0.15) is 5.82 Å². The standard InChI is InChI=1S/C22H28FN3O2S/c1-3-24-22(25-13-16-7-8-17-5-4-6-18(17)11-16)26-14-20-12-21(23)10-9-19(20)15-29(2,27)28/h7-12H,3-6,13-15H2,1-2H3,(H2,24,25,26). The molecule has 0 fully saturated rings. The molecule has 0 amide bonds. The number of fused-ring (bicyclic) bond motifs is 1. The molecule has 3 rings (SSSR count). The predicted octanol–water partition coefficient (Wildman–Crippen LogP) is 3.11. The molecule has 0 aromatic heterocycles. The van der Waals surface area contributed by atoms with Crippen LogP contribution in [0.3, 0.4) is 0 Å². The summed E-state index contributed by atoms with van der Waals surface area (Å²) in [6.07, 6.45) is 4.69. The summed E-state index contributed by atoms with van der Waals surface area (Å²) in [5.41, 5.74) is 5.22. The van der Waals surface area contributed by atoms with Crippen molar-refractivity contribution in [3.05, 3.63) is 70.0 Å². The summed E-state index contributed by atoms with van der Waals surface area (Å²) in [6, 6.07) is 10.7. The number of nitrogens with one attached hydrogen (secondary N) is 2. The lowest BCUT2D eigenvalue weighted by molar-refractivity contribution is 0.599. The molecule has 0 saturated carbocycles. The number of guanidine groups is 1. The molecule has 156 valence electrons. The van der Waals surface area contributed by atoms with E-state index in [1.807, 2.05) is 6.92 Å². The van der Waals surface area contributed by atoms with Crippen LogP contribution in [0, 0.1) is 5.82 Å². The van der Waals surface area contributed by atoms with Crippen molar-refractivity contribution in [1.29, 1.82) is 0 Å². The van der Waals surface area contributed by atoms with Crippen molar-refractivity contribution in [2.24, 2.45) is 4.99 Å². The maximum absolute atomic E-state index is 13.7. The van der Waals surface area contributed by atoms with Gasteiger partial charge in [-0.3, -0.25) is 0 Å². The van der Waals surface area contributed by atoms with E-state index in [-0.39, 0.29) is 11.6 Å². The zero-order valence-electron chi connectivity index (χ0n) is 17.0. The minimum absolute atomic E-state index is 0.118. The summed E-state index contributed by atoms with van der Waals surface area (Å²) in [5, 5.41) is 6.37. The van der Waals surface area contributed by atoms with E-state index in [9.17, 15) is 12.8 Å². The third-order valence-corrected chi connectivity index (χ3v) is 5.79. The second-order valence-corrected chi connectivity index (χ2v) is 9.63. The molecule has 2 N–H and O–H groups in total. The average Bonchev–Trinajstić information content (AvgIpc) is 3.12. The molecule has 0 heterocycles. The molecule has 2 aromatic rings. The Morgan fingerprint density at radius 2 is 1.86 bits per heavy atom. The third kappa shape index (κ3) is 6.29. The lowest BCUT2D eigenvalue weighted by Gasteiger charge is -2.14. The van der Waals surface area contributed by atoms with Crippen LogP contribution in [0.15, 0.2) is 41.4 Å². The molecule has 0 saturated heterocycles. The van der Waals surface area contributed by atoms with Crippen LogP contribution in [0.2, 0.25) is 0 Å². The summed E-state index contributed by atoms with van der Waals surface area (Å²) < 4.78 is 37.0. The first-order valence-corrected chi connectivity index (χ1v) is 12.0. The van der Waals surface area contributed by atoms with Gasteiger partial charge in [-0.1, -0.05) is 24.3 Å². The highest BCUT2D eigenvalue weighted by atomic mass is 32.2. The average molecular weight is 418 g/mol. The van der Waals surface area contributed by atoms with Gasteiger partial charge in [-0.2, -0.15) is 0 Å². The molecule has 1 aliphatic rings. The Hall–Kier alpha value is -2.41. The maximum atomic E-state index is 13.7. The van der Waals surface area contributed by atoms with E-state index >= 15 is 0 Å². The molecular weight excluding hydrogens is 389 g/mol. The van der Waals surface area contributed by atoms with Gasteiger partial charge in [0, 0.05) is 19.3 Å². The van der Waals surface area contributed by atoms with E-state index in [2.05, 4.69) is 33.8 Å². The first-order chi connectivity index (χ1) is 13.8. The first kappa shape index (κ1) is 21.3. The van der Waals surface area contributed by atoms with Crippen molar-refractivity contribution in [2.75, 3.05) is 12.8 Å². The number of hydrogen-bond acceptors (Lipinski definition) is 3. The number of benzene rings is 2. The molecule has 0 unspecified atom stereocenters. The van der Waals surface area contributed by atoms with Crippen LogP contribution in [0.25, 0.3) is 0 Å². The number of aliphatic imine (C=N–C) groups is 1. The molecule has 5 nitrogen and oxygen atoms in total. The Labute approximate surface area is 172 Å². The van der Waals surface area contributed by atoms with Gasteiger partial charge in [0.2, 0.25) is 0 Å². The van der Waals surface area contributed by atoms with Crippen LogP contribution in [0.1, 0.15) is 41.2 Å². The minimum atomic E-state index is -3.21. The maximum Gasteiger partial charge on any atom is 0.191 e. The van der Waals surface area contributed by atoms with E-state index in [1.54, 1.807) is 0 Å². The number of halogens is 1. The quantitative estimate of drug-likeness (QED) is 0.536. The van der Waals surface area contributed by atoms with Gasteiger partial charge in [0.15, 0.2) is 15.8 Å². The van der Waals surface area contributed by atoms with E-state index in [0.29, 0.717) is 36.7 Å². The van der Waals surface area contributed by atoms with E-state index in [1.165, 1.54) is 42.0 Å². The normalized spacial score (nSPS) is 14.0. The fourth-order valence-corrected chi connectivity index (χ4v) is 4.44. The second-order valence-electron chi connectivity index (χ2n) is 7.49. The van der Waals surface area contributed by atoms with Gasteiger partial charge < -0.3 is 10.6 Å². The summed E-state index contributed by atoms with van der Waals surface area (Å²) in [6.45, 7) is 3.50. The fraction of sp³-hybridized carbons (Fsp3) is 0.409. The van der Waals surface area contributed by atoms with Gasteiger partial charge in [-0.05, 0) is 66.1 Å². The Bertz CT molecular complexity index is 1000. The summed E-state index contributed by atoms with van der Waals surface area (Å²) in [7, 11) is -3.21. The highest BCUT2D eigenvalue weighted by Gasteiger charge is 2.12. The Morgan fingerprint density at radius 3 is 2.62 bits per heavy atom. The van der Waals surface area contributed by atoms with E-state index < -0.39 is 9.84 Å². The third-order valence-electron chi connectivity index (χ3n) is 4.96. The summed E-state index contributed by atoms with van der Waals surface area (Å²) >= 11 is 0. The summed E-state index contributed by atoms with van der Waals surface area (Å²) in [4.78, 5) is 4.63. The lowest BCUT2D eigenvalue weighted by atomic mass is 10.1. The fourth-order valence-electron chi connectivity index (χ4n) is 3.60. The van der Waals surface area contributed by atoms with Gasteiger partial charge >= 0.3 is 0 Å². The van der Waals surface area contributed by atoms with Gasteiger partial charge in [0.25, 0.3) is 0 Å². The molecular formula is C22H28FN3O2S. The van der Waals surface area contributed by atoms with Crippen molar-refractivity contribution >= 4 is 15.8 Å². The number of aryl methyl sites for hydroxylation is 2. The first-order valence-electron chi connectivity index (χ1n) is 9.92. The number of rotatable bonds is 7. The molecule has 7 heteroatoms. The monoisotopic (exact) mass is 417 g/mol. The van der Waals surface area contributed by atoms with Crippen molar-refractivity contribution in [2.45, 2.75) is 45.0 Å². The van der Waals surface area contributed by atoms with Crippen LogP contribution >= 0.6 is 0 Å². The van der Waals surface area contributed by atoms with Crippen LogP contribution < -0.4 is 10.6 Å². The molecule has 0 radical (unpaired) electrons. The van der Waals surface area contributed by atoms with Crippen molar-refractivity contribution in [3.63, 3.8) is 0 Å². The smallest absolute Gasteiger partial charge is 0.191 e. The topological polar surface area (TPSA) is 70.6 Å². The highest BCUT2D eigenvalue weighted by Crippen LogP contribution is 2.23. The van der Waals surface area contributed by atoms with Crippen molar-refractivity contribution in [1.82, 2.24) is 10.6 Å². The lowest BCUT2D eigenvalue weighted by Crippen LogP contribution is -2.37. The predicted molar refractivity (Wildman–Crippen MR) is 115 cm³/mol. The van der Waals surface area contributed by atoms with E-state index in [4.69, 9.17) is 0 Å². The zero-order chi connectivity index (χ0) is 20.9. The molecule has 1 aliphatic carbocycles. The van der Waals surface area contributed by atoms with Crippen LogP contribution in [0.4, 0.5) is 4.39 Å². The van der Waals surface area contributed by atoms with Crippen LogP contribution in [-0.4, -0.2) is 27.2 Å². The van der Waals surface area contributed by atoms with Gasteiger partial charge in [-0.15, -0.1) is 0 Å². The number of nitrogens with zero attached hydrogens (tertiary/aromatic N) is 1. The molecule has 29 heavy (non-hydrogen) atoms. The Kier molecular flexibility index (Phi) is 6.90. The largest absolute Gasteiger partial charge is 0.357 e. The SMILES string of the molecule is CCNC(=NCc1ccc2c(c1)CCC2)NCc1cc(F)ccc1CS(C)(=O)=O. The molecule has 0 spiro atoms. The number of hydrogen-bond donors (Lipinski definition) is 2. The van der Waals surface area contributed by atoms with Gasteiger partial charge in [0.05, 0.1) is 12.3 Å². The summed E-state index contributed by atoms with van der Waals surface area (Å²) in [5.74, 6) is 0.106.